The Morgan fingerprint density at radius 2 is 2.00 bits per heavy atom. The van der Waals surface area contributed by atoms with E-state index in [1.54, 1.807) is 20.1 Å². The first-order valence-corrected chi connectivity index (χ1v) is 9.32. The lowest BCUT2D eigenvalue weighted by Crippen LogP contribution is -2.48. The number of ether oxygens (including phenoxy) is 2. The topological polar surface area (TPSA) is 71.6 Å². The molecule has 1 aromatic carbocycles. The monoisotopic (exact) mass is 368 g/mol. The van der Waals surface area contributed by atoms with E-state index >= 15 is 0 Å². The fourth-order valence-corrected chi connectivity index (χ4v) is 4.26. The highest BCUT2D eigenvalue weighted by molar-refractivity contribution is 5.94. The number of carbonyl (C=O) groups is 1. The molecule has 2 aliphatic heterocycles. The van der Waals surface area contributed by atoms with E-state index in [1.165, 1.54) is 17.2 Å². The number of carbonyl (C=O) groups excluding carboxylic acids is 1. The van der Waals surface area contributed by atoms with Gasteiger partial charge in [0.2, 0.25) is 5.56 Å². The van der Waals surface area contributed by atoms with Crippen molar-refractivity contribution in [3.8, 4) is 5.75 Å². The minimum absolute atomic E-state index is 0.0928. The number of fused-ring (bicyclic) bond motifs is 2. The predicted octanol–water partition coefficient (Wildman–Crippen LogP) is 2.40. The summed E-state index contributed by atoms with van der Waals surface area (Å²) < 4.78 is 11.6. The molecule has 4 rings (SSSR count). The second-order valence-corrected chi connectivity index (χ2v) is 7.32. The molecule has 0 radical (unpaired) electrons. The number of H-pyrrole nitrogens is 1. The number of rotatable bonds is 2. The zero-order valence-electron chi connectivity index (χ0n) is 15.7. The molecular formula is C21H24N2O4. The first-order valence-electron chi connectivity index (χ1n) is 9.32. The van der Waals surface area contributed by atoms with Crippen LogP contribution in [0.2, 0.25) is 0 Å². The van der Waals surface area contributed by atoms with Gasteiger partial charge in [0.15, 0.2) is 0 Å². The molecule has 2 aliphatic rings. The van der Waals surface area contributed by atoms with Crippen LogP contribution in [0.4, 0.5) is 0 Å². The molecule has 142 valence electrons. The van der Waals surface area contributed by atoms with Crippen LogP contribution in [-0.2, 0) is 16.8 Å². The zero-order valence-corrected chi connectivity index (χ0v) is 15.7. The third kappa shape index (κ3) is 3.25. The smallest absolute Gasteiger partial charge is 0.254 e. The van der Waals surface area contributed by atoms with E-state index in [0.717, 1.165) is 25.0 Å². The Morgan fingerprint density at radius 3 is 2.70 bits per heavy atom. The lowest BCUT2D eigenvalue weighted by molar-refractivity contribution is -0.0935. The van der Waals surface area contributed by atoms with Crippen molar-refractivity contribution in [1.29, 1.82) is 0 Å². The van der Waals surface area contributed by atoms with Crippen LogP contribution in [0, 0.1) is 6.92 Å². The van der Waals surface area contributed by atoms with Crippen molar-refractivity contribution in [2.45, 2.75) is 31.8 Å². The summed E-state index contributed by atoms with van der Waals surface area (Å²) in [5.41, 5.74) is 3.05. The molecule has 1 fully saturated rings. The number of benzene rings is 1. The summed E-state index contributed by atoms with van der Waals surface area (Å²) in [7, 11) is 1.68. The fourth-order valence-electron chi connectivity index (χ4n) is 4.26. The number of aromatic amines is 1. The van der Waals surface area contributed by atoms with Gasteiger partial charge >= 0.3 is 0 Å². The van der Waals surface area contributed by atoms with Gasteiger partial charge in [0, 0.05) is 30.4 Å². The summed E-state index contributed by atoms with van der Waals surface area (Å²) in [5, 5.41) is 0. The normalized spacial score (nSPS) is 18.2. The highest BCUT2D eigenvalue weighted by Gasteiger charge is 2.41. The minimum Gasteiger partial charge on any atom is -0.497 e. The Labute approximate surface area is 158 Å². The van der Waals surface area contributed by atoms with Gasteiger partial charge in [-0.25, -0.2) is 0 Å². The van der Waals surface area contributed by atoms with Crippen LogP contribution in [0.25, 0.3) is 0 Å². The molecule has 1 N–H and O–H groups in total. The van der Waals surface area contributed by atoms with Crippen LogP contribution in [0.15, 0.2) is 35.1 Å². The van der Waals surface area contributed by atoms with Crippen molar-refractivity contribution in [3.63, 3.8) is 0 Å². The van der Waals surface area contributed by atoms with Crippen LogP contribution < -0.4 is 10.3 Å². The summed E-state index contributed by atoms with van der Waals surface area (Å²) >= 11 is 0. The molecule has 0 atom stereocenters. The molecule has 1 aromatic heterocycles. The van der Waals surface area contributed by atoms with Crippen molar-refractivity contribution in [2.75, 3.05) is 26.8 Å². The molecule has 0 bridgehead atoms. The third-order valence-corrected chi connectivity index (χ3v) is 5.64. The standard InChI is InChI=1S/C21H24N2O4/c1-14-11-16(13-19(24)22-14)20(25)23-8-6-21(7-9-23)18-4-3-17(26-2)12-15(18)5-10-27-21/h3-4,11-13H,5-10H2,1-2H3,(H,22,24). The van der Waals surface area contributed by atoms with Gasteiger partial charge in [0.25, 0.3) is 5.91 Å². The van der Waals surface area contributed by atoms with Crippen LogP contribution >= 0.6 is 0 Å². The summed E-state index contributed by atoms with van der Waals surface area (Å²) in [6.07, 6.45) is 2.38. The number of likely N-dealkylation sites (tertiary alicyclic amines) is 1. The highest BCUT2D eigenvalue weighted by Crippen LogP contribution is 2.42. The van der Waals surface area contributed by atoms with Gasteiger partial charge in [0.1, 0.15) is 5.75 Å². The van der Waals surface area contributed by atoms with Crippen LogP contribution in [0.5, 0.6) is 5.75 Å². The quantitative estimate of drug-likeness (QED) is 0.884. The fraction of sp³-hybridized carbons (Fsp3) is 0.429. The van der Waals surface area contributed by atoms with Crippen molar-refractivity contribution >= 4 is 5.91 Å². The number of aryl methyl sites for hydroxylation is 1. The molecule has 0 saturated carbocycles. The molecule has 3 heterocycles. The molecule has 2 aromatic rings. The van der Waals surface area contributed by atoms with Crippen LogP contribution in [0.1, 0.15) is 40.0 Å². The van der Waals surface area contributed by atoms with Crippen molar-refractivity contribution in [1.82, 2.24) is 9.88 Å². The Kier molecular flexibility index (Phi) is 4.52. The Hall–Kier alpha value is -2.60. The van der Waals surface area contributed by atoms with Gasteiger partial charge in [-0.1, -0.05) is 6.07 Å². The van der Waals surface area contributed by atoms with Gasteiger partial charge in [-0.15, -0.1) is 0 Å². The van der Waals surface area contributed by atoms with E-state index in [0.29, 0.717) is 31.0 Å². The Bertz CT molecular complexity index is 926. The van der Waals surface area contributed by atoms with Gasteiger partial charge in [-0.05, 0) is 55.5 Å². The average molecular weight is 368 g/mol. The SMILES string of the molecule is COc1ccc2c(c1)CCOC21CCN(C(=O)c2cc(C)[nH]c(=O)c2)CC1. The Balaban J connectivity index is 1.54. The van der Waals surface area contributed by atoms with Crippen LogP contribution in [0.3, 0.4) is 0 Å². The minimum atomic E-state index is -0.333. The number of hydrogen-bond donors (Lipinski definition) is 1. The van der Waals surface area contributed by atoms with Crippen molar-refractivity contribution in [3.05, 3.63) is 63.1 Å². The number of nitrogens with one attached hydrogen (secondary N) is 1. The van der Waals surface area contributed by atoms with Gasteiger partial charge in [-0.3, -0.25) is 9.59 Å². The molecule has 27 heavy (non-hydrogen) atoms. The third-order valence-electron chi connectivity index (χ3n) is 5.64. The number of methoxy groups -OCH3 is 1. The highest BCUT2D eigenvalue weighted by atomic mass is 16.5. The summed E-state index contributed by atoms with van der Waals surface area (Å²) in [6, 6.07) is 9.28. The number of pyridine rings is 1. The second-order valence-electron chi connectivity index (χ2n) is 7.32. The predicted molar refractivity (Wildman–Crippen MR) is 101 cm³/mol. The average Bonchev–Trinajstić information content (AvgIpc) is 2.67. The van der Waals surface area contributed by atoms with E-state index in [2.05, 4.69) is 17.1 Å². The first kappa shape index (κ1) is 17.8. The molecule has 1 amide bonds. The van der Waals surface area contributed by atoms with E-state index < -0.39 is 0 Å². The van der Waals surface area contributed by atoms with Gasteiger partial charge in [-0.2, -0.15) is 0 Å². The molecule has 1 saturated heterocycles. The van der Waals surface area contributed by atoms with E-state index in [1.807, 2.05) is 11.0 Å². The van der Waals surface area contributed by atoms with E-state index in [4.69, 9.17) is 9.47 Å². The molecule has 1 spiro atoms. The van der Waals surface area contributed by atoms with Gasteiger partial charge in [0.05, 0.1) is 19.3 Å². The second kappa shape index (κ2) is 6.85. The van der Waals surface area contributed by atoms with Crippen molar-refractivity contribution < 1.29 is 14.3 Å². The number of aromatic nitrogens is 1. The molecule has 6 heteroatoms. The van der Waals surface area contributed by atoms with Gasteiger partial charge < -0.3 is 19.4 Å². The maximum atomic E-state index is 12.8. The molecule has 0 aliphatic carbocycles. The Morgan fingerprint density at radius 1 is 1.22 bits per heavy atom. The number of hydrogen-bond acceptors (Lipinski definition) is 4. The molecule has 0 unspecified atom stereocenters. The van der Waals surface area contributed by atoms with E-state index in [-0.39, 0.29) is 17.1 Å². The maximum Gasteiger partial charge on any atom is 0.254 e. The summed E-state index contributed by atoms with van der Waals surface area (Å²) in [5.74, 6) is 0.771. The maximum absolute atomic E-state index is 12.8. The number of piperidine rings is 1. The van der Waals surface area contributed by atoms with Crippen molar-refractivity contribution in [2.24, 2.45) is 0 Å². The lowest BCUT2D eigenvalue weighted by Gasteiger charge is -2.45. The zero-order chi connectivity index (χ0) is 19.0. The number of nitrogens with zero attached hydrogens (tertiary/aromatic N) is 1. The largest absolute Gasteiger partial charge is 0.497 e. The van der Waals surface area contributed by atoms with Crippen LogP contribution in [-0.4, -0.2) is 42.6 Å². The summed E-state index contributed by atoms with van der Waals surface area (Å²) in [6.45, 7) is 3.68. The summed E-state index contributed by atoms with van der Waals surface area (Å²) in [4.78, 5) is 29.0. The number of amides is 1. The molecule has 6 nitrogen and oxygen atoms in total. The molecular weight excluding hydrogens is 344 g/mol. The first-order chi connectivity index (χ1) is 13.0. The lowest BCUT2D eigenvalue weighted by atomic mass is 9.79. The van der Waals surface area contributed by atoms with E-state index in [9.17, 15) is 9.59 Å².